The Kier molecular flexibility index (Phi) is 3.81. The fourth-order valence-corrected chi connectivity index (χ4v) is 2.97. The number of nitrogens with two attached hydrogens (primary N) is 1. The quantitative estimate of drug-likeness (QED) is 0.820. The molecule has 0 amide bonds. The van der Waals surface area contributed by atoms with E-state index in [4.69, 9.17) is 5.73 Å². The fraction of sp³-hybridized carbons (Fsp3) is 0.364. The lowest BCUT2D eigenvalue weighted by Crippen LogP contribution is -2.09. The number of sulfone groups is 1. The molecule has 0 bridgehead atoms. The van der Waals surface area contributed by atoms with Gasteiger partial charge in [-0.25, -0.2) is 13.4 Å². The van der Waals surface area contributed by atoms with Crippen molar-refractivity contribution in [2.45, 2.75) is 13.0 Å². The summed E-state index contributed by atoms with van der Waals surface area (Å²) < 4.78 is 25.1. The van der Waals surface area contributed by atoms with Gasteiger partial charge in [0.2, 0.25) is 5.95 Å². The number of aromatic nitrogens is 2. The number of benzene rings is 1. The Labute approximate surface area is 119 Å². The minimum absolute atomic E-state index is 0.163. The average Bonchev–Trinajstić information content (AvgIpc) is 2.52. The van der Waals surface area contributed by atoms with Gasteiger partial charge >= 0.3 is 0 Å². The summed E-state index contributed by atoms with van der Waals surface area (Å²) in [7, 11) is -2.93. The molecule has 0 saturated heterocycles. The van der Waals surface area contributed by atoms with Gasteiger partial charge < -0.3 is 10.3 Å². The number of aryl methyl sites for hydroxylation is 1. The van der Waals surface area contributed by atoms with Crippen LogP contribution in [0.3, 0.4) is 0 Å². The van der Waals surface area contributed by atoms with E-state index < -0.39 is 9.84 Å². The van der Waals surface area contributed by atoms with Crippen LogP contribution < -0.4 is 5.73 Å². The second-order valence-corrected chi connectivity index (χ2v) is 7.74. The smallest absolute Gasteiger partial charge is 0.201 e. The van der Waals surface area contributed by atoms with E-state index in [1.165, 1.54) is 6.26 Å². The predicted molar refractivity (Wildman–Crippen MR) is 81.2 cm³/mol. The van der Waals surface area contributed by atoms with Crippen molar-refractivity contribution in [3.8, 4) is 0 Å². The van der Waals surface area contributed by atoms with E-state index in [1.807, 2.05) is 22.8 Å². The molecule has 0 spiro atoms. The Balaban J connectivity index is 2.25. The molecular formula is C11H14IN3O2S. The summed E-state index contributed by atoms with van der Waals surface area (Å²) in [5, 5.41) is 0. The van der Waals surface area contributed by atoms with Crippen LogP contribution >= 0.6 is 22.6 Å². The first-order chi connectivity index (χ1) is 8.37. The Hall–Kier alpha value is -0.830. The van der Waals surface area contributed by atoms with Crippen LogP contribution in [0.2, 0.25) is 0 Å². The lowest BCUT2D eigenvalue weighted by molar-refractivity contribution is 0.594. The molecule has 0 aliphatic rings. The third-order valence-corrected chi connectivity index (χ3v) is 4.34. The van der Waals surface area contributed by atoms with E-state index in [9.17, 15) is 8.42 Å². The van der Waals surface area contributed by atoms with E-state index in [2.05, 4.69) is 27.6 Å². The number of hydrogen-bond acceptors (Lipinski definition) is 4. The summed E-state index contributed by atoms with van der Waals surface area (Å²) in [6.07, 6.45) is 1.78. The van der Waals surface area contributed by atoms with Gasteiger partial charge in [0.15, 0.2) is 0 Å². The van der Waals surface area contributed by atoms with Crippen molar-refractivity contribution in [1.82, 2.24) is 9.55 Å². The molecule has 2 rings (SSSR count). The van der Waals surface area contributed by atoms with E-state index in [0.29, 0.717) is 18.9 Å². The number of nitrogen functional groups attached to an aromatic ring is 1. The van der Waals surface area contributed by atoms with Gasteiger partial charge in [-0.15, -0.1) is 0 Å². The van der Waals surface area contributed by atoms with Gasteiger partial charge in [0, 0.05) is 16.4 Å². The first-order valence-electron chi connectivity index (χ1n) is 5.46. The minimum atomic E-state index is -2.93. The summed E-state index contributed by atoms with van der Waals surface area (Å²) in [5.74, 6) is 0.594. The first kappa shape index (κ1) is 13.6. The van der Waals surface area contributed by atoms with Crippen LogP contribution in [-0.2, 0) is 16.4 Å². The van der Waals surface area contributed by atoms with Crippen LogP contribution in [0.1, 0.15) is 6.42 Å². The fourth-order valence-electron chi connectivity index (χ4n) is 1.84. The van der Waals surface area contributed by atoms with Crippen LogP contribution in [0.25, 0.3) is 11.0 Å². The first-order valence-corrected chi connectivity index (χ1v) is 8.60. The second-order valence-electron chi connectivity index (χ2n) is 4.24. The number of hydrogen-bond donors (Lipinski definition) is 1. The highest BCUT2D eigenvalue weighted by atomic mass is 127. The molecule has 0 unspecified atom stereocenters. The van der Waals surface area contributed by atoms with E-state index in [1.54, 1.807) is 0 Å². The zero-order valence-electron chi connectivity index (χ0n) is 9.93. The van der Waals surface area contributed by atoms with Gasteiger partial charge in [0.05, 0.1) is 16.8 Å². The Bertz CT molecular complexity index is 679. The Morgan fingerprint density at radius 1 is 1.44 bits per heavy atom. The molecule has 2 N–H and O–H groups in total. The molecule has 0 aliphatic carbocycles. The minimum Gasteiger partial charge on any atom is -0.369 e. The lowest BCUT2D eigenvalue weighted by Gasteiger charge is -2.05. The van der Waals surface area contributed by atoms with Crippen LogP contribution in [0.4, 0.5) is 5.95 Å². The van der Waals surface area contributed by atoms with Crippen molar-refractivity contribution in [3.63, 3.8) is 0 Å². The van der Waals surface area contributed by atoms with Crippen molar-refractivity contribution < 1.29 is 8.42 Å². The molecule has 0 fully saturated rings. The van der Waals surface area contributed by atoms with Gasteiger partial charge in [-0.05, 0) is 47.2 Å². The van der Waals surface area contributed by atoms with Gasteiger partial charge in [0.25, 0.3) is 0 Å². The molecule has 7 heteroatoms. The zero-order chi connectivity index (χ0) is 13.3. The van der Waals surface area contributed by atoms with Crippen molar-refractivity contribution in [2.24, 2.45) is 0 Å². The molecule has 2 aromatic rings. The van der Waals surface area contributed by atoms with Gasteiger partial charge in [0.1, 0.15) is 9.84 Å². The maximum absolute atomic E-state index is 11.1. The third-order valence-electron chi connectivity index (χ3n) is 2.64. The van der Waals surface area contributed by atoms with E-state index in [0.717, 1.165) is 14.6 Å². The standard InChI is InChI=1S/C11H14IN3O2S/c1-18(16,17)6-2-5-15-10-4-3-8(12)7-9(10)14-11(15)13/h3-4,7H,2,5-6H2,1H3,(H2,13,14). The van der Waals surface area contributed by atoms with Crippen LogP contribution in [0.15, 0.2) is 18.2 Å². The van der Waals surface area contributed by atoms with E-state index in [-0.39, 0.29) is 5.75 Å². The average molecular weight is 379 g/mol. The van der Waals surface area contributed by atoms with Gasteiger partial charge in [-0.1, -0.05) is 0 Å². The van der Waals surface area contributed by atoms with Crippen LogP contribution in [0, 0.1) is 3.57 Å². The van der Waals surface area contributed by atoms with Crippen LogP contribution in [0.5, 0.6) is 0 Å². The summed E-state index contributed by atoms with van der Waals surface area (Å²) in [5.41, 5.74) is 7.65. The Morgan fingerprint density at radius 3 is 2.83 bits per heavy atom. The zero-order valence-corrected chi connectivity index (χ0v) is 12.9. The number of nitrogens with zero attached hydrogens (tertiary/aromatic N) is 2. The molecule has 0 saturated carbocycles. The van der Waals surface area contributed by atoms with Crippen molar-refractivity contribution in [1.29, 1.82) is 0 Å². The highest BCUT2D eigenvalue weighted by molar-refractivity contribution is 14.1. The molecule has 0 atom stereocenters. The second kappa shape index (κ2) is 5.04. The number of anilines is 1. The molecule has 18 heavy (non-hydrogen) atoms. The molecule has 1 aromatic carbocycles. The van der Waals surface area contributed by atoms with Crippen LogP contribution in [-0.4, -0.2) is 30.0 Å². The molecular weight excluding hydrogens is 365 g/mol. The topological polar surface area (TPSA) is 78.0 Å². The molecule has 98 valence electrons. The lowest BCUT2D eigenvalue weighted by atomic mass is 10.3. The highest BCUT2D eigenvalue weighted by Crippen LogP contribution is 2.20. The number of fused-ring (bicyclic) bond motifs is 1. The molecule has 5 nitrogen and oxygen atoms in total. The maximum Gasteiger partial charge on any atom is 0.201 e. The summed E-state index contributed by atoms with van der Waals surface area (Å²) in [6, 6.07) is 5.90. The molecule has 0 radical (unpaired) electrons. The van der Waals surface area contributed by atoms with Crippen molar-refractivity contribution in [2.75, 3.05) is 17.7 Å². The number of imidazole rings is 1. The van der Waals surface area contributed by atoms with Gasteiger partial charge in [-0.3, -0.25) is 0 Å². The number of rotatable bonds is 4. The normalized spacial score (nSPS) is 12.1. The largest absolute Gasteiger partial charge is 0.369 e. The van der Waals surface area contributed by atoms with E-state index >= 15 is 0 Å². The Morgan fingerprint density at radius 2 is 2.17 bits per heavy atom. The van der Waals surface area contributed by atoms with Gasteiger partial charge in [-0.2, -0.15) is 0 Å². The van der Waals surface area contributed by atoms with Crippen molar-refractivity contribution >= 4 is 49.4 Å². The SMILES string of the molecule is CS(=O)(=O)CCCn1c(N)nc2cc(I)ccc21. The predicted octanol–water partition coefficient (Wildman–Crippen LogP) is 1.66. The highest BCUT2D eigenvalue weighted by Gasteiger charge is 2.09. The summed E-state index contributed by atoms with van der Waals surface area (Å²) in [4.78, 5) is 4.28. The van der Waals surface area contributed by atoms with Crippen molar-refractivity contribution in [3.05, 3.63) is 21.8 Å². The maximum atomic E-state index is 11.1. The number of halogens is 1. The summed E-state index contributed by atoms with van der Waals surface area (Å²) >= 11 is 2.22. The third kappa shape index (κ3) is 3.14. The molecule has 1 aromatic heterocycles. The summed E-state index contributed by atoms with van der Waals surface area (Å²) in [6.45, 7) is 0.565. The molecule has 1 heterocycles. The monoisotopic (exact) mass is 379 g/mol. The molecule has 0 aliphatic heterocycles.